The number of nitrogens with zero attached hydrogens (tertiary/aromatic N) is 3. The van der Waals surface area contributed by atoms with Gasteiger partial charge in [0.1, 0.15) is 0 Å². The molecule has 0 unspecified atom stereocenters. The molecule has 0 saturated carbocycles. The van der Waals surface area contributed by atoms with Gasteiger partial charge >= 0.3 is 0 Å². The van der Waals surface area contributed by atoms with Crippen molar-refractivity contribution in [3.05, 3.63) is 58.2 Å². The highest BCUT2D eigenvalue weighted by Crippen LogP contribution is 2.11. The van der Waals surface area contributed by atoms with Gasteiger partial charge in [-0.3, -0.25) is 14.8 Å². The summed E-state index contributed by atoms with van der Waals surface area (Å²) in [5.74, 6) is -0.0356. The topological polar surface area (TPSA) is 46.1 Å². The van der Waals surface area contributed by atoms with E-state index in [9.17, 15) is 4.79 Å². The van der Waals surface area contributed by atoms with E-state index in [-0.39, 0.29) is 5.91 Å². The molecule has 0 atom stereocenters. The average Bonchev–Trinajstić information content (AvgIpc) is 2.39. The number of carbonyl (C=O) groups excluding carboxylic acids is 1. The van der Waals surface area contributed by atoms with Gasteiger partial charge in [-0.05, 0) is 57.0 Å². The van der Waals surface area contributed by atoms with E-state index in [1.807, 2.05) is 45.9 Å². The van der Waals surface area contributed by atoms with Gasteiger partial charge in [0.05, 0.1) is 17.8 Å². The van der Waals surface area contributed by atoms with Crippen molar-refractivity contribution in [1.82, 2.24) is 14.9 Å². The number of pyridine rings is 2. The SMILES string of the molecule is Cc1cc(C)nc(CN(C)C(=O)c2cnc(C)c(C)c2)c1. The maximum absolute atomic E-state index is 12.4. The summed E-state index contributed by atoms with van der Waals surface area (Å²) >= 11 is 0. The molecular formula is C17H21N3O. The van der Waals surface area contributed by atoms with Crippen LogP contribution in [0.25, 0.3) is 0 Å². The molecule has 0 saturated heterocycles. The lowest BCUT2D eigenvalue weighted by molar-refractivity contribution is 0.0782. The predicted molar refractivity (Wildman–Crippen MR) is 83.2 cm³/mol. The van der Waals surface area contributed by atoms with Crippen LogP contribution in [0.2, 0.25) is 0 Å². The summed E-state index contributed by atoms with van der Waals surface area (Å²) in [6, 6.07) is 5.92. The molecule has 0 N–H and O–H groups in total. The van der Waals surface area contributed by atoms with Gasteiger partial charge in [-0.2, -0.15) is 0 Å². The van der Waals surface area contributed by atoms with Crippen molar-refractivity contribution in [2.24, 2.45) is 0 Å². The van der Waals surface area contributed by atoms with Crippen molar-refractivity contribution >= 4 is 5.91 Å². The first-order chi connectivity index (χ1) is 9.86. The molecule has 2 aromatic heterocycles. The smallest absolute Gasteiger partial charge is 0.255 e. The van der Waals surface area contributed by atoms with E-state index in [2.05, 4.69) is 9.97 Å². The Morgan fingerprint density at radius 1 is 1.14 bits per heavy atom. The van der Waals surface area contributed by atoms with Crippen LogP contribution in [0.5, 0.6) is 0 Å². The summed E-state index contributed by atoms with van der Waals surface area (Å²) in [5.41, 5.74) is 5.62. The summed E-state index contributed by atoms with van der Waals surface area (Å²) in [5, 5.41) is 0. The van der Waals surface area contributed by atoms with E-state index in [1.165, 1.54) is 0 Å². The highest BCUT2D eigenvalue weighted by molar-refractivity contribution is 5.93. The second kappa shape index (κ2) is 6.04. The molecule has 2 heterocycles. The number of aromatic nitrogens is 2. The summed E-state index contributed by atoms with van der Waals surface area (Å²) in [6.07, 6.45) is 1.64. The second-order valence-electron chi connectivity index (χ2n) is 5.56. The van der Waals surface area contributed by atoms with Gasteiger partial charge in [-0.1, -0.05) is 0 Å². The maximum Gasteiger partial charge on any atom is 0.255 e. The van der Waals surface area contributed by atoms with E-state index in [0.29, 0.717) is 12.1 Å². The third-order valence-electron chi connectivity index (χ3n) is 3.48. The van der Waals surface area contributed by atoms with Crippen LogP contribution in [0.3, 0.4) is 0 Å². The van der Waals surface area contributed by atoms with Gasteiger partial charge in [0.2, 0.25) is 0 Å². The minimum absolute atomic E-state index is 0.0356. The zero-order chi connectivity index (χ0) is 15.6. The molecule has 0 spiro atoms. The van der Waals surface area contributed by atoms with Crippen LogP contribution in [-0.4, -0.2) is 27.8 Å². The van der Waals surface area contributed by atoms with Crippen LogP contribution in [0.1, 0.15) is 38.6 Å². The normalized spacial score (nSPS) is 10.5. The van der Waals surface area contributed by atoms with Crippen LogP contribution < -0.4 is 0 Å². The molecule has 0 aliphatic heterocycles. The van der Waals surface area contributed by atoms with Gasteiger partial charge in [0.15, 0.2) is 0 Å². The number of rotatable bonds is 3. The maximum atomic E-state index is 12.4. The van der Waals surface area contributed by atoms with Crippen molar-refractivity contribution in [1.29, 1.82) is 0 Å². The lowest BCUT2D eigenvalue weighted by atomic mass is 10.1. The van der Waals surface area contributed by atoms with Crippen molar-refractivity contribution in [2.45, 2.75) is 34.2 Å². The molecule has 0 aliphatic carbocycles. The molecule has 0 fully saturated rings. The molecule has 21 heavy (non-hydrogen) atoms. The van der Waals surface area contributed by atoms with Crippen molar-refractivity contribution in [3.8, 4) is 0 Å². The summed E-state index contributed by atoms with van der Waals surface area (Å²) < 4.78 is 0. The van der Waals surface area contributed by atoms with Crippen LogP contribution in [-0.2, 0) is 6.54 Å². The van der Waals surface area contributed by atoms with E-state index >= 15 is 0 Å². The minimum Gasteiger partial charge on any atom is -0.336 e. The first-order valence-corrected chi connectivity index (χ1v) is 6.99. The fraction of sp³-hybridized carbons (Fsp3) is 0.353. The van der Waals surface area contributed by atoms with Crippen LogP contribution in [0, 0.1) is 27.7 Å². The third-order valence-corrected chi connectivity index (χ3v) is 3.48. The standard InChI is InChI=1S/C17H21N3O/c1-11-6-13(3)19-16(7-11)10-20(5)17(21)15-8-12(2)14(4)18-9-15/h6-9H,10H2,1-5H3. The first kappa shape index (κ1) is 15.2. The number of carbonyl (C=O) groups is 1. The predicted octanol–water partition coefficient (Wildman–Crippen LogP) is 2.98. The lowest BCUT2D eigenvalue weighted by Crippen LogP contribution is -2.27. The summed E-state index contributed by atoms with van der Waals surface area (Å²) in [7, 11) is 1.79. The molecule has 4 nitrogen and oxygen atoms in total. The van der Waals surface area contributed by atoms with Gasteiger partial charge in [0, 0.05) is 24.6 Å². The molecule has 1 amide bonds. The Kier molecular flexibility index (Phi) is 4.36. The number of hydrogen-bond donors (Lipinski definition) is 0. The van der Waals surface area contributed by atoms with E-state index in [4.69, 9.17) is 0 Å². The summed E-state index contributed by atoms with van der Waals surface area (Å²) in [6.45, 7) is 8.39. The molecule has 2 rings (SSSR count). The Hall–Kier alpha value is -2.23. The van der Waals surface area contributed by atoms with E-state index in [0.717, 1.165) is 28.2 Å². The molecule has 2 aromatic rings. The molecule has 0 aliphatic rings. The molecule has 4 heteroatoms. The number of hydrogen-bond acceptors (Lipinski definition) is 3. The quantitative estimate of drug-likeness (QED) is 0.870. The number of amides is 1. The van der Waals surface area contributed by atoms with Crippen molar-refractivity contribution < 1.29 is 4.79 Å². The largest absolute Gasteiger partial charge is 0.336 e. The second-order valence-corrected chi connectivity index (χ2v) is 5.56. The van der Waals surface area contributed by atoms with Crippen LogP contribution >= 0.6 is 0 Å². The Morgan fingerprint density at radius 2 is 1.86 bits per heavy atom. The highest BCUT2D eigenvalue weighted by atomic mass is 16.2. The Balaban J connectivity index is 2.17. The average molecular weight is 283 g/mol. The third kappa shape index (κ3) is 3.66. The van der Waals surface area contributed by atoms with Crippen molar-refractivity contribution in [2.75, 3.05) is 7.05 Å². The van der Waals surface area contributed by atoms with E-state index in [1.54, 1.807) is 18.1 Å². The fourth-order valence-corrected chi connectivity index (χ4v) is 2.30. The lowest BCUT2D eigenvalue weighted by Gasteiger charge is -2.17. The molecule has 0 bridgehead atoms. The molecule has 0 radical (unpaired) electrons. The zero-order valence-corrected chi connectivity index (χ0v) is 13.3. The monoisotopic (exact) mass is 283 g/mol. The fourth-order valence-electron chi connectivity index (χ4n) is 2.30. The van der Waals surface area contributed by atoms with E-state index < -0.39 is 0 Å². The van der Waals surface area contributed by atoms with Gasteiger partial charge in [-0.25, -0.2) is 0 Å². The zero-order valence-electron chi connectivity index (χ0n) is 13.3. The van der Waals surface area contributed by atoms with Gasteiger partial charge < -0.3 is 4.90 Å². The molecular weight excluding hydrogens is 262 g/mol. The van der Waals surface area contributed by atoms with Crippen LogP contribution in [0.4, 0.5) is 0 Å². The Bertz CT molecular complexity index is 659. The van der Waals surface area contributed by atoms with Crippen molar-refractivity contribution in [3.63, 3.8) is 0 Å². The first-order valence-electron chi connectivity index (χ1n) is 6.99. The highest BCUT2D eigenvalue weighted by Gasteiger charge is 2.14. The molecule has 110 valence electrons. The summed E-state index contributed by atoms with van der Waals surface area (Å²) in [4.78, 5) is 22.8. The molecule has 0 aromatic carbocycles. The van der Waals surface area contributed by atoms with Gasteiger partial charge in [-0.15, -0.1) is 0 Å². The van der Waals surface area contributed by atoms with Gasteiger partial charge in [0.25, 0.3) is 5.91 Å². The Morgan fingerprint density at radius 3 is 2.48 bits per heavy atom. The Labute approximate surface area is 125 Å². The number of aryl methyl sites for hydroxylation is 4. The van der Waals surface area contributed by atoms with Crippen LogP contribution in [0.15, 0.2) is 24.4 Å². The minimum atomic E-state index is -0.0356.